The van der Waals surface area contributed by atoms with Crippen LogP contribution in [0.1, 0.15) is 20.3 Å². The SMILES string of the molecule is CC1(C)CCN(S(=O)(=O)c2ccc(N)c(Cl)c2)C1. The highest BCUT2D eigenvalue weighted by atomic mass is 35.5. The normalized spacial score (nSPS) is 20.2. The van der Waals surface area contributed by atoms with Gasteiger partial charge in [0, 0.05) is 13.1 Å². The van der Waals surface area contributed by atoms with Gasteiger partial charge in [0.2, 0.25) is 10.0 Å². The van der Waals surface area contributed by atoms with Gasteiger partial charge in [0.15, 0.2) is 0 Å². The lowest BCUT2D eigenvalue weighted by atomic mass is 9.93. The van der Waals surface area contributed by atoms with E-state index in [1.165, 1.54) is 22.5 Å². The minimum absolute atomic E-state index is 0.0324. The first-order valence-corrected chi connectivity index (χ1v) is 7.59. The van der Waals surface area contributed by atoms with Gasteiger partial charge in [0.1, 0.15) is 0 Å². The fraction of sp³-hybridized carbons (Fsp3) is 0.500. The third-order valence-corrected chi connectivity index (χ3v) is 5.42. The summed E-state index contributed by atoms with van der Waals surface area (Å²) in [5, 5.41) is 0.273. The molecule has 1 aromatic carbocycles. The molecule has 2 rings (SSSR count). The summed E-state index contributed by atoms with van der Waals surface area (Å²) in [6, 6.07) is 4.44. The minimum atomic E-state index is -3.46. The number of halogens is 1. The summed E-state index contributed by atoms with van der Waals surface area (Å²) in [5.41, 5.74) is 6.01. The molecule has 0 unspecified atom stereocenters. The minimum Gasteiger partial charge on any atom is -0.398 e. The molecule has 1 aliphatic rings. The first-order valence-electron chi connectivity index (χ1n) is 5.78. The molecule has 1 aromatic rings. The molecule has 0 amide bonds. The van der Waals surface area contributed by atoms with Crippen molar-refractivity contribution in [3.05, 3.63) is 23.2 Å². The third kappa shape index (κ3) is 2.48. The van der Waals surface area contributed by atoms with Crippen molar-refractivity contribution in [2.75, 3.05) is 18.8 Å². The van der Waals surface area contributed by atoms with Crippen LogP contribution in [0.5, 0.6) is 0 Å². The van der Waals surface area contributed by atoms with Gasteiger partial charge >= 0.3 is 0 Å². The quantitative estimate of drug-likeness (QED) is 0.850. The second kappa shape index (κ2) is 4.40. The van der Waals surface area contributed by atoms with E-state index in [-0.39, 0.29) is 15.3 Å². The standard InChI is InChI=1S/C12H17ClN2O2S/c1-12(2)5-6-15(8-12)18(16,17)9-3-4-11(14)10(13)7-9/h3-4,7H,5-6,8,14H2,1-2H3. The van der Waals surface area contributed by atoms with Crippen molar-refractivity contribution in [2.24, 2.45) is 5.41 Å². The monoisotopic (exact) mass is 288 g/mol. The van der Waals surface area contributed by atoms with Crippen molar-refractivity contribution in [2.45, 2.75) is 25.2 Å². The summed E-state index contributed by atoms with van der Waals surface area (Å²) in [6.45, 7) is 5.23. The van der Waals surface area contributed by atoms with E-state index in [0.29, 0.717) is 18.8 Å². The van der Waals surface area contributed by atoms with Gasteiger partial charge in [-0.3, -0.25) is 0 Å². The fourth-order valence-electron chi connectivity index (χ4n) is 2.09. The van der Waals surface area contributed by atoms with Gasteiger partial charge in [0.25, 0.3) is 0 Å². The molecule has 0 aromatic heterocycles. The van der Waals surface area contributed by atoms with E-state index in [1.807, 2.05) is 0 Å². The Bertz CT molecular complexity index is 569. The molecule has 18 heavy (non-hydrogen) atoms. The van der Waals surface area contributed by atoms with Gasteiger partial charge in [0.05, 0.1) is 15.6 Å². The number of anilines is 1. The van der Waals surface area contributed by atoms with E-state index in [2.05, 4.69) is 13.8 Å². The van der Waals surface area contributed by atoms with Gasteiger partial charge < -0.3 is 5.73 Å². The highest BCUT2D eigenvalue weighted by Gasteiger charge is 2.36. The average molecular weight is 289 g/mol. The zero-order valence-electron chi connectivity index (χ0n) is 10.5. The summed E-state index contributed by atoms with van der Waals surface area (Å²) < 4.78 is 26.3. The van der Waals surface area contributed by atoms with E-state index in [0.717, 1.165) is 6.42 Å². The molecule has 100 valence electrons. The molecule has 6 heteroatoms. The van der Waals surface area contributed by atoms with Crippen LogP contribution in [0.2, 0.25) is 5.02 Å². The van der Waals surface area contributed by atoms with Gasteiger partial charge in [-0.05, 0) is 30.0 Å². The lowest BCUT2D eigenvalue weighted by molar-refractivity contribution is 0.375. The summed E-state index contributed by atoms with van der Waals surface area (Å²) in [4.78, 5) is 0.208. The van der Waals surface area contributed by atoms with Crippen LogP contribution in [0.3, 0.4) is 0 Å². The van der Waals surface area contributed by atoms with Crippen LogP contribution in [0.4, 0.5) is 5.69 Å². The number of sulfonamides is 1. The molecule has 0 aliphatic carbocycles. The summed E-state index contributed by atoms with van der Waals surface area (Å²) in [5.74, 6) is 0. The number of rotatable bonds is 2. The van der Waals surface area contributed by atoms with E-state index < -0.39 is 10.0 Å². The molecule has 0 radical (unpaired) electrons. The maximum Gasteiger partial charge on any atom is 0.243 e. The van der Waals surface area contributed by atoms with Gasteiger partial charge in [-0.15, -0.1) is 0 Å². The Balaban J connectivity index is 2.34. The number of benzene rings is 1. The molecule has 0 spiro atoms. The molecule has 4 nitrogen and oxygen atoms in total. The van der Waals surface area contributed by atoms with Crippen molar-refractivity contribution in [1.82, 2.24) is 4.31 Å². The van der Waals surface area contributed by atoms with Gasteiger partial charge in [-0.1, -0.05) is 25.4 Å². The number of nitrogen functional groups attached to an aromatic ring is 1. The van der Waals surface area contributed by atoms with E-state index in [9.17, 15) is 8.42 Å². The molecule has 1 saturated heterocycles. The van der Waals surface area contributed by atoms with Gasteiger partial charge in [-0.2, -0.15) is 4.31 Å². The van der Waals surface area contributed by atoms with E-state index in [1.54, 1.807) is 0 Å². The molecular formula is C12H17ClN2O2S. The van der Waals surface area contributed by atoms with Crippen molar-refractivity contribution in [3.63, 3.8) is 0 Å². The average Bonchev–Trinajstić information content (AvgIpc) is 2.63. The number of nitrogens with zero attached hydrogens (tertiary/aromatic N) is 1. The molecule has 1 aliphatic heterocycles. The summed E-state index contributed by atoms with van der Waals surface area (Å²) in [6.07, 6.45) is 0.870. The zero-order chi connectivity index (χ0) is 13.6. The van der Waals surface area contributed by atoms with Crippen LogP contribution in [-0.4, -0.2) is 25.8 Å². The third-order valence-electron chi connectivity index (χ3n) is 3.25. The van der Waals surface area contributed by atoms with E-state index in [4.69, 9.17) is 17.3 Å². The molecule has 2 N–H and O–H groups in total. The maximum absolute atomic E-state index is 12.4. The number of nitrogens with two attached hydrogens (primary N) is 1. The van der Waals surface area contributed by atoms with Crippen LogP contribution in [0.25, 0.3) is 0 Å². The summed E-state index contributed by atoms with van der Waals surface area (Å²) in [7, 11) is -3.46. The Kier molecular flexibility index (Phi) is 3.34. The zero-order valence-corrected chi connectivity index (χ0v) is 12.1. The lowest BCUT2D eigenvalue weighted by Gasteiger charge is -2.19. The summed E-state index contributed by atoms with van der Waals surface area (Å²) >= 11 is 5.87. The molecule has 0 saturated carbocycles. The lowest BCUT2D eigenvalue weighted by Crippen LogP contribution is -2.30. The van der Waals surface area contributed by atoms with E-state index >= 15 is 0 Å². The first kappa shape index (κ1) is 13.6. The Morgan fingerprint density at radius 2 is 2.06 bits per heavy atom. The first-order chi connectivity index (χ1) is 8.22. The van der Waals surface area contributed by atoms with Crippen LogP contribution in [-0.2, 0) is 10.0 Å². The molecule has 1 fully saturated rings. The topological polar surface area (TPSA) is 63.4 Å². The largest absolute Gasteiger partial charge is 0.398 e. The molecule has 0 atom stereocenters. The molecule has 0 bridgehead atoms. The Labute approximate surface area is 113 Å². The molecule has 1 heterocycles. The highest BCUT2D eigenvalue weighted by molar-refractivity contribution is 7.89. The Morgan fingerprint density at radius 3 is 2.56 bits per heavy atom. The highest BCUT2D eigenvalue weighted by Crippen LogP contribution is 2.33. The van der Waals surface area contributed by atoms with Crippen LogP contribution < -0.4 is 5.73 Å². The van der Waals surface area contributed by atoms with Crippen LogP contribution in [0.15, 0.2) is 23.1 Å². The van der Waals surface area contributed by atoms with Crippen molar-refractivity contribution >= 4 is 27.3 Å². The predicted molar refractivity (Wildman–Crippen MR) is 73.0 cm³/mol. The maximum atomic E-state index is 12.4. The van der Waals surface area contributed by atoms with Crippen molar-refractivity contribution in [1.29, 1.82) is 0 Å². The van der Waals surface area contributed by atoms with Gasteiger partial charge in [-0.25, -0.2) is 8.42 Å². The molecular weight excluding hydrogens is 272 g/mol. The van der Waals surface area contributed by atoms with Crippen molar-refractivity contribution in [3.8, 4) is 0 Å². The van der Waals surface area contributed by atoms with Crippen LogP contribution >= 0.6 is 11.6 Å². The number of hydrogen-bond donors (Lipinski definition) is 1. The second-order valence-electron chi connectivity index (χ2n) is 5.44. The Morgan fingerprint density at radius 1 is 1.39 bits per heavy atom. The van der Waals surface area contributed by atoms with Crippen LogP contribution in [0, 0.1) is 5.41 Å². The smallest absolute Gasteiger partial charge is 0.243 e. The van der Waals surface area contributed by atoms with Crippen molar-refractivity contribution < 1.29 is 8.42 Å². The Hall–Kier alpha value is -0.780. The fourth-order valence-corrected chi connectivity index (χ4v) is 3.99. The predicted octanol–water partition coefficient (Wildman–Crippen LogP) is 2.34. The number of hydrogen-bond acceptors (Lipinski definition) is 3. The second-order valence-corrected chi connectivity index (χ2v) is 7.78.